The highest BCUT2D eigenvalue weighted by Crippen LogP contribution is 2.50. The average molecular weight is 417 g/mol. The Bertz CT molecular complexity index is 978. The van der Waals surface area contributed by atoms with Crippen LogP contribution in [-0.2, 0) is 5.41 Å². The van der Waals surface area contributed by atoms with Crippen molar-refractivity contribution in [3.8, 4) is 17.2 Å². The number of hydrogen-bond donors (Lipinski definition) is 1. The fourth-order valence-electron chi connectivity index (χ4n) is 3.55. The lowest BCUT2D eigenvalue weighted by Crippen LogP contribution is -2.35. The Kier molecular flexibility index (Phi) is 5.29. The zero-order chi connectivity index (χ0) is 21.2. The van der Waals surface area contributed by atoms with E-state index in [4.69, 9.17) is 4.74 Å². The average Bonchev–Trinajstić information content (AvgIpc) is 3.57. The molecule has 1 atom stereocenters. The normalized spacial score (nSPS) is 16.0. The first kappa shape index (κ1) is 20.1. The van der Waals surface area contributed by atoms with Crippen LogP contribution in [0.2, 0.25) is 0 Å². The molecule has 9 heteroatoms. The van der Waals surface area contributed by atoms with Gasteiger partial charge < -0.3 is 14.6 Å². The molecule has 0 radical (unpaired) electrons. The predicted molar refractivity (Wildman–Crippen MR) is 100 cm³/mol. The summed E-state index contributed by atoms with van der Waals surface area (Å²) in [6.07, 6.45) is 3.55. The summed E-state index contributed by atoms with van der Waals surface area (Å²) in [5.74, 6) is 0.667. The van der Waals surface area contributed by atoms with Crippen LogP contribution in [-0.4, -0.2) is 33.0 Å². The van der Waals surface area contributed by atoms with Crippen LogP contribution in [0, 0.1) is 5.92 Å². The van der Waals surface area contributed by atoms with Gasteiger partial charge in [-0.15, -0.1) is 13.2 Å². The van der Waals surface area contributed by atoms with Crippen molar-refractivity contribution in [1.29, 1.82) is 0 Å². The second-order valence-corrected chi connectivity index (χ2v) is 7.03. The van der Waals surface area contributed by atoms with Crippen molar-refractivity contribution in [2.45, 2.75) is 24.6 Å². The summed E-state index contributed by atoms with van der Waals surface area (Å²) >= 11 is 0. The van der Waals surface area contributed by atoms with E-state index in [2.05, 4.69) is 19.7 Å². The molecule has 1 aromatic carbocycles. The van der Waals surface area contributed by atoms with Crippen molar-refractivity contribution >= 4 is 0 Å². The number of ether oxygens (including phenoxy) is 2. The number of aliphatic hydroxyl groups is 1. The molecule has 30 heavy (non-hydrogen) atoms. The first-order chi connectivity index (χ1) is 14.4. The standard InChI is InChI=1S/C21H18F3N3O3/c22-21(23,24)30-17-5-3-16(4-6-17)29-18-7-8-19(27-11-18)20(12-28,14-1-2-14)15-9-25-13-26-10-15/h3-11,13-14,28H,1-2,12H2. The molecule has 2 aromatic heterocycles. The lowest BCUT2D eigenvalue weighted by Gasteiger charge is -2.31. The van der Waals surface area contributed by atoms with E-state index in [1.54, 1.807) is 24.5 Å². The topological polar surface area (TPSA) is 77.4 Å². The van der Waals surface area contributed by atoms with Gasteiger partial charge in [-0.3, -0.25) is 4.98 Å². The summed E-state index contributed by atoms with van der Waals surface area (Å²) in [5.41, 5.74) is 0.802. The number of rotatable bonds is 7. The molecular formula is C21H18F3N3O3. The quantitative estimate of drug-likeness (QED) is 0.619. The molecule has 0 bridgehead atoms. The van der Waals surface area contributed by atoms with Crippen LogP contribution >= 0.6 is 0 Å². The Morgan fingerprint density at radius 2 is 1.53 bits per heavy atom. The van der Waals surface area contributed by atoms with Crippen molar-refractivity contribution in [2.75, 3.05) is 6.61 Å². The molecule has 1 saturated carbocycles. The number of nitrogens with zero attached hydrogens (tertiary/aromatic N) is 3. The second-order valence-electron chi connectivity index (χ2n) is 7.03. The van der Waals surface area contributed by atoms with E-state index in [0.717, 1.165) is 18.4 Å². The third-order valence-corrected chi connectivity index (χ3v) is 5.09. The molecular weight excluding hydrogens is 399 g/mol. The number of halogens is 3. The first-order valence-corrected chi connectivity index (χ1v) is 9.27. The van der Waals surface area contributed by atoms with Gasteiger partial charge in [0.2, 0.25) is 0 Å². The number of pyridine rings is 1. The van der Waals surface area contributed by atoms with Gasteiger partial charge in [0.15, 0.2) is 0 Å². The van der Waals surface area contributed by atoms with E-state index in [1.165, 1.54) is 36.8 Å². The van der Waals surface area contributed by atoms with E-state index in [0.29, 0.717) is 17.2 Å². The SMILES string of the molecule is OCC(c1cncnc1)(c1ccc(Oc2ccc(OC(F)(F)F)cc2)cn1)C1CC1. The van der Waals surface area contributed by atoms with E-state index in [-0.39, 0.29) is 18.3 Å². The molecule has 2 heterocycles. The molecule has 1 unspecified atom stereocenters. The summed E-state index contributed by atoms with van der Waals surface area (Å²) in [4.78, 5) is 12.7. The van der Waals surface area contributed by atoms with Crippen LogP contribution in [0.25, 0.3) is 0 Å². The van der Waals surface area contributed by atoms with Gasteiger partial charge >= 0.3 is 6.36 Å². The zero-order valence-corrected chi connectivity index (χ0v) is 15.7. The van der Waals surface area contributed by atoms with Gasteiger partial charge in [0.25, 0.3) is 0 Å². The fraction of sp³-hybridized carbons (Fsp3) is 0.286. The summed E-state index contributed by atoms with van der Waals surface area (Å²) < 4.78 is 46.2. The van der Waals surface area contributed by atoms with Crippen LogP contribution in [0.5, 0.6) is 17.2 Å². The smallest absolute Gasteiger partial charge is 0.456 e. The maximum atomic E-state index is 12.2. The highest BCUT2D eigenvalue weighted by molar-refractivity contribution is 5.39. The van der Waals surface area contributed by atoms with E-state index in [9.17, 15) is 18.3 Å². The monoisotopic (exact) mass is 417 g/mol. The third kappa shape index (κ3) is 4.20. The minimum Gasteiger partial charge on any atom is -0.456 e. The maximum Gasteiger partial charge on any atom is 0.573 e. The number of hydrogen-bond acceptors (Lipinski definition) is 6. The van der Waals surface area contributed by atoms with Gasteiger partial charge in [-0.2, -0.15) is 0 Å². The molecule has 156 valence electrons. The van der Waals surface area contributed by atoms with Gasteiger partial charge in [0.1, 0.15) is 23.6 Å². The Hall–Kier alpha value is -3.20. The largest absolute Gasteiger partial charge is 0.573 e. The minimum absolute atomic E-state index is 0.126. The van der Waals surface area contributed by atoms with Crippen LogP contribution in [0.3, 0.4) is 0 Å². The molecule has 0 spiro atoms. The molecule has 1 aliphatic carbocycles. The van der Waals surface area contributed by atoms with E-state index in [1.807, 2.05) is 0 Å². The molecule has 1 fully saturated rings. The van der Waals surface area contributed by atoms with Gasteiger partial charge in [0.05, 0.1) is 23.9 Å². The fourth-order valence-corrected chi connectivity index (χ4v) is 3.55. The van der Waals surface area contributed by atoms with Gasteiger partial charge in [-0.05, 0) is 55.2 Å². The second kappa shape index (κ2) is 7.91. The third-order valence-electron chi connectivity index (χ3n) is 5.09. The van der Waals surface area contributed by atoms with Gasteiger partial charge in [-0.25, -0.2) is 9.97 Å². The highest BCUT2D eigenvalue weighted by atomic mass is 19.4. The van der Waals surface area contributed by atoms with Crippen LogP contribution in [0.1, 0.15) is 24.1 Å². The lowest BCUT2D eigenvalue weighted by atomic mass is 9.74. The molecule has 4 rings (SSSR count). The molecule has 0 aliphatic heterocycles. The van der Waals surface area contributed by atoms with E-state index >= 15 is 0 Å². The summed E-state index contributed by atoms with van der Waals surface area (Å²) in [5, 5.41) is 10.3. The predicted octanol–water partition coefficient (Wildman–Crippen LogP) is 4.25. The Balaban J connectivity index is 1.54. The highest BCUT2D eigenvalue weighted by Gasteiger charge is 2.49. The van der Waals surface area contributed by atoms with Crippen molar-refractivity contribution in [3.63, 3.8) is 0 Å². The maximum absolute atomic E-state index is 12.2. The lowest BCUT2D eigenvalue weighted by molar-refractivity contribution is -0.274. The Morgan fingerprint density at radius 1 is 0.900 bits per heavy atom. The number of aromatic nitrogens is 3. The first-order valence-electron chi connectivity index (χ1n) is 9.27. The summed E-state index contributed by atoms with van der Waals surface area (Å²) in [6.45, 7) is -0.126. The molecule has 0 saturated heterocycles. The molecule has 3 aromatic rings. The Labute approximate surface area is 170 Å². The Morgan fingerprint density at radius 3 is 2.07 bits per heavy atom. The van der Waals surface area contributed by atoms with Crippen LogP contribution in [0.15, 0.2) is 61.3 Å². The van der Waals surface area contributed by atoms with Crippen molar-refractivity contribution in [2.24, 2.45) is 5.92 Å². The van der Waals surface area contributed by atoms with Crippen molar-refractivity contribution in [1.82, 2.24) is 15.0 Å². The van der Waals surface area contributed by atoms with Crippen LogP contribution in [0.4, 0.5) is 13.2 Å². The molecule has 1 N–H and O–H groups in total. The number of benzene rings is 1. The summed E-state index contributed by atoms with van der Waals surface area (Å²) in [7, 11) is 0. The number of alkyl halides is 3. The minimum atomic E-state index is -4.74. The van der Waals surface area contributed by atoms with Crippen molar-refractivity contribution < 1.29 is 27.8 Å². The van der Waals surface area contributed by atoms with Crippen LogP contribution < -0.4 is 9.47 Å². The van der Waals surface area contributed by atoms with Gasteiger partial charge in [-0.1, -0.05) is 0 Å². The van der Waals surface area contributed by atoms with E-state index < -0.39 is 11.8 Å². The molecule has 6 nitrogen and oxygen atoms in total. The zero-order valence-electron chi connectivity index (χ0n) is 15.7. The molecule has 1 aliphatic rings. The van der Waals surface area contributed by atoms with Gasteiger partial charge in [0, 0.05) is 18.0 Å². The number of aliphatic hydroxyl groups excluding tert-OH is 1. The van der Waals surface area contributed by atoms with Crippen molar-refractivity contribution in [3.05, 3.63) is 72.6 Å². The molecule has 0 amide bonds. The summed E-state index contributed by atoms with van der Waals surface area (Å²) in [6, 6.07) is 8.57.